The van der Waals surface area contributed by atoms with Crippen molar-refractivity contribution in [1.29, 1.82) is 0 Å². The van der Waals surface area contributed by atoms with E-state index in [0.29, 0.717) is 11.4 Å². The molecular formula is C22H23N5O. The Morgan fingerprint density at radius 2 is 1.61 bits per heavy atom. The average Bonchev–Trinajstić information content (AvgIpc) is 2.75. The molecule has 0 atom stereocenters. The summed E-state index contributed by atoms with van der Waals surface area (Å²) >= 11 is 0. The van der Waals surface area contributed by atoms with Gasteiger partial charge in [-0.25, -0.2) is 0 Å². The van der Waals surface area contributed by atoms with E-state index in [1.165, 1.54) is 5.69 Å². The molecule has 0 unspecified atom stereocenters. The SMILES string of the molecule is Cc1cccc(C(=O)Nc2ccc(N3CCN(c4ccccc4)CC3)nn2)c1. The van der Waals surface area contributed by atoms with Gasteiger partial charge in [-0.05, 0) is 43.3 Å². The van der Waals surface area contributed by atoms with Crippen LogP contribution in [0, 0.1) is 6.92 Å². The van der Waals surface area contributed by atoms with Gasteiger partial charge in [0.1, 0.15) is 0 Å². The van der Waals surface area contributed by atoms with Gasteiger partial charge in [-0.15, -0.1) is 10.2 Å². The van der Waals surface area contributed by atoms with Gasteiger partial charge >= 0.3 is 0 Å². The number of benzene rings is 2. The summed E-state index contributed by atoms with van der Waals surface area (Å²) in [7, 11) is 0. The van der Waals surface area contributed by atoms with Gasteiger partial charge < -0.3 is 15.1 Å². The molecular weight excluding hydrogens is 350 g/mol. The number of aromatic nitrogens is 2. The molecule has 0 aliphatic carbocycles. The molecule has 1 N–H and O–H groups in total. The Bertz CT molecular complexity index is 935. The Hall–Kier alpha value is -3.41. The van der Waals surface area contributed by atoms with Crippen LogP contribution in [-0.4, -0.2) is 42.3 Å². The van der Waals surface area contributed by atoms with Gasteiger partial charge in [-0.3, -0.25) is 4.79 Å². The van der Waals surface area contributed by atoms with Crippen molar-refractivity contribution in [3.63, 3.8) is 0 Å². The molecule has 1 saturated heterocycles. The van der Waals surface area contributed by atoms with Crippen LogP contribution in [0.2, 0.25) is 0 Å². The fraction of sp³-hybridized carbons (Fsp3) is 0.227. The van der Waals surface area contributed by atoms with Crippen molar-refractivity contribution in [2.24, 2.45) is 0 Å². The molecule has 1 amide bonds. The van der Waals surface area contributed by atoms with Crippen LogP contribution >= 0.6 is 0 Å². The predicted molar refractivity (Wildman–Crippen MR) is 112 cm³/mol. The Morgan fingerprint density at radius 3 is 2.29 bits per heavy atom. The molecule has 4 rings (SSSR count). The number of rotatable bonds is 4. The minimum atomic E-state index is -0.178. The molecule has 28 heavy (non-hydrogen) atoms. The summed E-state index contributed by atoms with van der Waals surface area (Å²) in [4.78, 5) is 16.9. The second-order valence-corrected chi connectivity index (χ2v) is 6.91. The third-order valence-corrected chi connectivity index (χ3v) is 4.90. The van der Waals surface area contributed by atoms with Crippen LogP contribution in [-0.2, 0) is 0 Å². The third-order valence-electron chi connectivity index (χ3n) is 4.90. The highest BCUT2D eigenvalue weighted by Crippen LogP contribution is 2.19. The number of carbonyl (C=O) groups is 1. The molecule has 6 heteroatoms. The van der Waals surface area contributed by atoms with Crippen LogP contribution in [0.4, 0.5) is 17.3 Å². The number of carbonyl (C=O) groups excluding carboxylic acids is 1. The van der Waals surface area contributed by atoms with E-state index in [1.54, 1.807) is 12.1 Å². The van der Waals surface area contributed by atoms with Crippen LogP contribution < -0.4 is 15.1 Å². The van der Waals surface area contributed by atoms with Gasteiger partial charge in [0.05, 0.1) is 0 Å². The molecule has 0 bridgehead atoms. The zero-order chi connectivity index (χ0) is 19.3. The maximum atomic E-state index is 12.3. The van der Waals surface area contributed by atoms with Crippen molar-refractivity contribution < 1.29 is 4.79 Å². The fourth-order valence-corrected chi connectivity index (χ4v) is 3.37. The quantitative estimate of drug-likeness (QED) is 0.760. The lowest BCUT2D eigenvalue weighted by molar-refractivity contribution is 0.102. The summed E-state index contributed by atoms with van der Waals surface area (Å²) in [5, 5.41) is 11.3. The molecule has 0 saturated carbocycles. The first-order valence-corrected chi connectivity index (χ1v) is 9.46. The van der Waals surface area contributed by atoms with E-state index in [1.807, 2.05) is 37.3 Å². The lowest BCUT2D eigenvalue weighted by Crippen LogP contribution is -2.46. The van der Waals surface area contributed by atoms with Crippen LogP contribution in [0.5, 0.6) is 0 Å². The van der Waals surface area contributed by atoms with Crippen LogP contribution in [0.15, 0.2) is 66.7 Å². The van der Waals surface area contributed by atoms with Crippen molar-refractivity contribution in [2.75, 3.05) is 41.3 Å². The summed E-state index contributed by atoms with van der Waals surface area (Å²) in [5.41, 5.74) is 2.91. The molecule has 1 fully saturated rings. The fourth-order valence-electron chi connectivity index (χ4n) is 3.37. The normalized spacial score (nSPS) is 14.0. The number of amides is 1. The number of nitrogens with one attached hydrogen (secondary N) is 1. The van der Waals surface area contributed by atoms with E-state index in [-0.39, 0.29) is 5.91 Å². The van der Waals surface area contributed by atoms with E-state index in [4.69, 9.17) is 0 Å². The highest BCUT2D eigenvalue weighted by molar-refractivity contribution is 6.03. The van der Waals surface area contributed by atoms with E-state index < -0.39 is 0 Å². The number of aryl methyl sites for hydroxylation is 1. The molecule has 1 aliphatic heterocycles. The van der Waals surface area contributed by atoms with E-state index in [9.17, 15) is 4.79 Å². The lowest BCUT2D eigenvalue weighted by Gasteiger charge is -2.36. The van der Waals surface area contributed by atoms with Gasteiger partial charge in [0.15, 0.2) is 11.6 Å². The minimum Gasteiger partial charge on any atom is -0.368 e. The van der Waals surface area contributed by atoms with Gasteiger partial charge in [-0.1, -0.05) is 35.9 Å². The second-order valence-electron chi connectivity index (χ2n) is 6.91. The Kier molecular flexibility index (Phi) is 5.19. The van der Waals surface area contributed by atoms with E-state index in [0.717, 1.165) is 37.6 Å². The van der Waals surface area contributed by atoms with Crippen molar-refractivity contribution in [3.8, 4) is 0 Å². The second kappa shape index (κ2) is 8.08. The van der Waals surface area contributed by atoms with Crippen LogP contribution in [0.3, 0.4) is 0 Å². The summed E-state index contributed by atoms with van der Waals surface area (Å²) in [6.07, 6.45) is 0. The standard InChI is InChI=1S/C22H23N5O/c1-17-6-5-7-18(16-17)22(28)23-20-10-11-21(25-24-20)27-14-12-26(13-15-27)19-8-3-2-4-9-19/h2-11,16H,12-15H2,1H3,(H,23,24,28). The first-order valence-electron chi connectivity index (χ1n) is 9.46. The Balaban J connectivity index is 1.35. The third kappa shape index (κ3) is 4.11. The number of nitrogens with zero attached hydrogens (tertiary/aromatic N) is 4. The maximum Gasteiger partial charge on any atom is 0.256 e. The highest BCUT2D eigenvalue weighted by atomic mass is 16.1. The van der Waals surface area contributed by atoms with Gasteiger partial charge in [0.2, 0.25) is 0 Å². The molecule has 2 aromatic carbocycles. The number of para-hydroxylation sites is 1. The molecule has 2 heterocycles. The molecule has 1 aromatic heterocycles. The molecule has 0 radical (unpaired) electrons. The number of piperazine rings is 1. The molecule has 3 aromatic rings. The zero-order valence-electron chi connectivity index (χ0n) is 15.9. The maximum absolute atomic E-state index is 12.3. The summed E-state index contributed by atoms with van der Waals surface area (Å²) < 4.78 is 0. The monoisotopic (exact) mass is 373 g/mol. The van der Waals surface area contributed by atoms with Gasteiger partial charge in [-0.2, -0.15) is 0 Å². The first kappa shape index (κ1) is 18.0. The number of hydrogen-bond acceptors (Lipinski definition) is 5. The molecule has 0 spiro atoms. The summed E-state index contributed by atoms with van der Waals surface area (Å²) in [6.45, 7) is 5.62. The van der Waals surface area contributed by atoms with Crippen LogP contribution in [0.25, 0.3) is 0 Å². The van der Waals surface area contributed by atoms with Crippen molar-refractivity contribution in [3.05, 3.63) is 77.9 Å². The highest BCUT2D eigenvalue weighted by Gasteiger charge is 2.18. The topological polar surface area (TPSA) is 61.4 Å². The first-order chi connectivity index (χ1) is 13.7. The van der Waals surface area contributed by atoms with Crippen molar-refractivity contribution in [1.82, 2.24) is 10.2 Å². The summed E-state index contributed by atoms with van der Waals surface area (Å²) in [5.74, 6) is 1.11. The molecule has 1 aliphatic rings. The van der Waals surface area contributed by atoms with E-state index in [2.05, 4.69) is 49.6 Å². The van der Waals surface area contributed by atoms with Gasteiger partial charge in [0, 0.05) is 37.4 Å². The van der Waals surface area contributed by atoms with E-state index >= 15 is 0 Å². The average molecular weight is 373 g/mol. The number of anilines is 3. The van der Waals surface area contributed by atoms with Crippen molar-refractivity contribution >= 4 is 23.2 Å². The number of hydrogen-bond donors (Lipinski definition) is 1. The lowest BCUT2D eigenvalue weighted by atomic mass is 10.1. The minimum absolute atomic E-state index is 0.178. The zero-order valence-corrected chi connectivity index (χ0v) is 15.9. The Labute approximate surface area is 164 Å². The molecule has 142 valence electrons. The Morgan fingerprint density at radius 1 is 0.857 bits per heavy atom. The van der Waals surface area contributed by atoms with Gasteiger partial charge in [0.25, 0.3) is 5.91 Å². The molecule has 6 nitrogen and oxygen atoms in total. The predicted octanol–water partition coefficient (Wildman–Crippen LogP) is 3.36. The largest absolute Gasteiger partial charge is 0.368 e. The van der Waals surface area contributed by atoms with Crippen molar-refractivity contribution in [2.45, 2.75) is 6.92 Å². The van der Waals surface area contributed by atoms with Crippen LogP contribution in [0.1, 0.15) is 15.9 Å². The smallest absolute Gasteiger partial charge is 0.256 e. The summed E-state index contributed by atoms with van der Waals surface area (Å²) in [6, 6.07) is 21.6.